The van der Waals surface area contributed by atoms with Crippen molar-refractivity contribution in [2.24, 2.45) is 5.92 Å². The van der Waals surface area contributed by atoms with Gasteiger partial charge in [-0.05, 0) is 78.3 Å². The molecule has 2 aliphatic carbocycles. The van der Waals surface area contributed by atoms with Crippen LogP contribution in [0.3, 0.4) is 0 Å². The van der Waals surface area contributed by atoms with Crippen molar-refractivity contribution in [1.29, 1.82) is 5.26 Å². The zero-order valence-corrected chi connectivity index (χ0v) is 27.1. The fraction of sp³-hybridized carbons (Fsp3) is 0.195. The number of carbonyl (C=O) groups excluding carboxylic acids is 1. The lowest BCUT2D eigenvalue weighted by Crippen LogP contribution is -2.46. The molecule has 6 aromatic rings. The number of nitrogens with zero attached hydrogens (tertiary/aromatic N) is 3. The molecule has 0 aliphatic heterocycles. The second-order valence-corrected chi connectivity index (χ2v) is 13.3. The Kier molecular flexibility index (Phi) is 7.80. The van der Waals surface area contributed by atoms with Crippen molar-refractivity contribution in [2.45, 2.75) is 43.3 Å². The topological polar surface area (TPSA) is 82.7 Å². The number of carbonyl (C=O) groups is 1. The molecule has 0 bridgehead atoms. The van der Waals surface area contributed by atoms with Crippen LogP contribution in [0.4, 0.5) is 5.82 Å². The fourth-order valence-corrected chi connectivity index (χ4v) is 7.35. The molecule has 0 unspecified atom stereocenters. The standard InChI is InChI=1S/C41H34ClN5O/c42-37-20-16-27(26-43)22-35(37)28-17-21-38-36(25-28)39(45-40(48)29-23-34(24-29)44-33-18-19-33)46-47(38)41(30-10-4-1-5-11-30,31-12-6-2-7-13-31)32-14-8-3-9-15-32/h1-17,20-22,25,29,33-34,44H,18-19,23-24H2,(H,45,46,48). The maximum absolute atomic E-state index is 13.8. The zero-order chi connectivity index (χ0) is 32.7. The van der Waals surface area contributed by atoms with Gasteiger partial charge in [0.05, 0.1) is 17.1 Å². The summed E-state index contributed by atoms with van der Waals surface area (Å²) in [6.45, 7) is 0. The van der Waals surface area contributed by atoms with Gasteiger partial charge in [0.2, 0.25) is 5.91 Å². The Morgan fingerprint density at radius 2 is 1.40 bits per heavy atom. The maximum Gasteiger partial charge on any atom is 0.228 e. The number of nitriles is 1. The quantitative estimate of drug-likeness (QED) is 0.154. The summed E-state index contributed by atoms with van der Waals surface area (Å²) in [6, 6.07) is 45.8. The van der Waals surface area contributed by atoms with E-state index in [9.17, 15) is 10.1 Å². The molecule has 0 saturated heterocycles. The monoisotopic (exact) mass is 647 g/mol. The molecule has 1 aromatic heterocycles. The number of hydrogen-bond acceptors (Lipinski definition) is 4. The molecule has 0 atom stereocenters. The van der Waals surface area contributed by atoms with E-state index in [2.05, 4.69) is 94.2 Å². The smallest absolute Gasteiger partial charge is 0.228 e. The predicted octanol–water partition coefficient (Wildman–Crippen LogP) is 8.54. The summed E-state index contributed by atoms with van der Waals surface area (Å²) in [6.07, 6.45) is 4.11. The van der Waals surface area contributed by atoms with Gasteiger partial charge in [0.1, 0.15) is 5.54 Å². The second kappa shape index (κ2) is 12.4. The highest BCUT2D eigenvalue weighted by atomic mass is 35.5. The molecule has 2 fully saturated rings. The number of rotatable bonds is 9. The number of nitrogens with one attached hydrogen (secondary N) is 2. The van der Waals surface area contributed by atoms with Gasteiger partial charge in [0.15, 0.2) is 5.82 Å². The molecule has 2 N–H and O–H groups in total. The van der Waals surface area contributed by atoms with Crippen LogP contribution in [0, 0.1) is 17.2 Å². The Labute approximate surface area is 285 Å². The molecule has 7 heteroatoms. The first kappa shape index (κ1) is 30.1. The van der Waals surface area contributed by atoms with E-state index < -0.39 is 5.54 Å². The second-order valence-electron chi connectivity index (χ2n) is 12.9. The number of hydrogen-bond donors (Lipinski definition) is 2. The average Bonchev–Trinajstić information content (AvgIpc) is 3.88. The SMILES string of the molecule is N#Cc1ccc(Cl)c(-c2ccc3c(c2)c(NC(=O)C2CC(NC4CC4)C2)nn3C(c2ccccc2)(c2ccccc2)c2ccccc2)c1. The highest BCUT2D eigenvalue weighted by molar-refractivity contribution is 6.33. The van der Waals surface area contributed by atoms with E-state index in [4.69, 9.17) is 16.7 Å². The van der Waals surface area contributed by atoms with E-state index in [0.29, 0.717) is 28.5 Å². The van der Waals surface area contributed by atoms with Crippen molar-refractivity contribution >= 4 is 34.2 Å². The number of amides is 1. The molecule has 0 spiro atoms. The third kappa shape index (κ3) is 5.35. The third-order valence-corrected chi connectivity index (χ3v) is 10.1. The summed E-state index contributed by atoms with van der Waals surface area (Å²) >= 11 is 6.70. The van der Waals surface area contributed by atoms with Crippen LogP contribution in [0.1, 0.15) is 47.9 Å². The minimum Gasteiger partial charge on any atom is -0.311 e. The van der Waals surface area contributed by atoms with Gasteiger partial charge < -0.3 is 10.6 Å². The minimum atomic E-state index is -0.874. The molecule has 2 saturated carbocycles. The largest absolute Gasteiger partial charge is 0.311 e. The molecular weight excluding hydrogens is 614 g/mol. The van der Waals surface area contributed by atoms with E-state index >= 15 is 0 Å². The fourth-order valence-electron chi connectivity index (χ4n) is 7.12. The van der Waals surface area contributed by atoms with E-state index in [0.717, 1.165) is 51.6 Å². The summed E-state index contributed by atoms with van der Waals surface area (Å²) in [5.74, 6) is 0.402. The molecule has 2 aliphatic rings. The molecule has 48 heavy (non-hydrogen) atoms. The van der Waals surface area contributed by atoms with Gasteiger partial charge in [-0.2, -0.15) is 10.4 Å². The van der Waals surface area contributed by atoms with Gasteiger partial charge in [-0.15, -0.1) is 0 Å². The highest BCUT2D eigenvalue weighted by Crippen LogP contribution is 2.44. The minimum absolute atomic E-state index is 0.0185. The van der Waals surface area contributed by atoms with Crippen molar-refractivity contribution in [2.75, 3.05) is 5.32 Å². The van der Waals surface area contributed by atoms with Crippen LogP contribution in [0.25, 0.3) is 22.0 Å². The molecule has 236 valence electrons. The van der Waals surface area contributed by atoms with Crippen molar-refractivity contribution < 1.29 is 4.79 Å². The van der Waals surface area contributed by atoms with Crippen LogP contribution < -0.4 is 10.6 Å². The molecule has 1 amide bonds. The van der Waals surface area contributed by atoms with Gasteiger partial charge in [-0.3, -0.25) is 4.79 Å². The van der Waals surface area contributed by atoms with Gasteiger partial charge in [0.25, 0.3) is 0 Å². The molecule has 6 nitrogen and oxygen atoms in total. The van der Waals surface area contributed by atoms with Crippen molar-refractivity contribution in [1.82, 2.24) is 15.1 Å². The highest BCUT2D eigenvalue weighted by Gasteiger charge is 2.42. The van der Waals surface area contributed by atoms with Crippen molar-refractivity contribution in [3.8, 4) is 17.2 Å². The van der Waals surface area contributed by atoms with Crippen LogP contribution in [0.2, 0.25) is 5.02 Å². The summed E-state index contributed by atoms with van der Waals surface area (Å²) in [5, 5.41) is 23.2. The van der Waals surface area contributed by atoms with Gasteiger partial charge in [-0.25, -0.2) is 4.68 Å². The van der Waals surface area contributed by atoms with E-state index in [1.165, 1.54) is 12.8 Å². The van der Waals surface area contributed by atoms with Gasteiger partial charge in [0, 0.05) is 34.0 Å². The first-order valence-corrected chi connectivity index (χ1v) is 16.9. The Balaban J connectivity index is 1.34. The molecular formula is C41H34ClN5O. The molecule has 5 aromatic carbocycles. The molecule has 8 rings (SSSR count). The van der Waals surface area contributed by atoms with Crippen LogP contribution in [-0.2, 0) is 10.3 Å². The van der Waals surface area contributed by atoms with E-state index in [1.807, 2.05) is 36.4 Å². The van der Waals surface area contributed by atoms with Gasteiger partial charge >= 0.3 is 0 Å². The number of halogens is 1. The first-order chi connectivity index (χ1) is 23.5. The van der Waals surface area contributed by atoms with Gasteiger partial charge in [-0.1, -0.05) is 109 Å². The Morgan fingerprint density at radius 3 is 1.96 bits per heavy atom. The predicted molar refractivity (Wildman–Crippen MR) is 191 cm³/mol. The lowest BCUT2D eigenvalue weighted by atomic mass is 9.77. The lowest BCUT2D eigenvalue weighted by Gasteiger charge is -2.37. The lowest BCUT2D eigenvalue weighted by molar-refractivity contribution is -0.123. The van der Waals surface area contributed by atoms with E-state index in [-0.39, 0.29) is 11.8 Å². The Morgan fingerprint density at radius 1 is 0.792 bits per heavy atom. The average molecular weight is 648 g/mol. The molecule has 1 heterocycles. The number of anilines is 1. The summed E-state index contributed by atoms with van der Waals surface area (Å²) in [4.78, 5) is 13.8. The molecule has 0 radical (unpaired) electrons. The number of benzene rings is 5. The Hall–Kier alpha value is -5.22. The first-order valence-electron chi connectivity index (χ1n) is 16.5. The van der Waals surface area contributed by atoms with Crippen LogP contribution in [0.15, 0.2) is 127 Å². The summed E-state index contributed by atoms with van der Waals surface area (Å²) in [7, 11) is 0. The maximum atomic E-state index is 13.8. The van der Waals surface area contributed by atoms with Crippen molar-refractivity contribution in [3.63, 3.8) is 0 Å². The van der Waals surface area contributed by atoms with Crippen molar-refractivity contribution in [3.05, 3.63) is 155 Å². The van der Waals surface area contributed by atoms with Crippen LogP contribution in [0.5, 0.6) is 0 Å². The zero-order valence-electron chi connectivity index (χ0n) is 26.3. The number of fused-ring (bicyclic) bond motifs is 1. The normalized spacial score (nSPS) is 17.4. The third-order valence-electron chi connectivity index (χ3n) is 9.78. The van der Waals surface area contributed by atoms with Crippen LogP contribution in [-0.4, -0.2) is 27.8 Å². The summed E-state index contributed by atoms with van der Waals surface area (Å²) in [5.41, 5.74) is 5.18. The van der Waals surface area contributed by atoms with Crippen LogP contribution >= 0.6 is 11.6 Å². The number of aromatic nitrogens is 2. The van der Waals surface area contributed by atoms with E-state index in [1.54, 1.807) is 18.2 Å². The Bertz CT molecular complexity index is 2050. The summed E-state index contributed by atoms with van der Waals surface area (Å²) < 4.78 is 2.06.